The van der Waals surface area contributed by atoms with Gasteiger partial charge in [0.1, 0.15) is 0 Å². The Bertz CT molecular complexity index is 345. The summed E-state index contributed by atoms with van der Waals surface area (Å²) in [5, 5.41) is 14.3. The van der Waals surface area contributed by atoms with Gasteiger partial charge in [-0.1, -0.05) is 0 Å². The predicted octanol–water partition coefficient (Wildman–Crippen LogP) is -3.05. The number of carboxylic acid groups (broad SMARTS) is 1. The summed E-state index contributed by atoms with van der Waals surface area (Å²) in [6.45, 7) is -0.596. The molecule has 0 aromatic rings. The fourth-order valence-electron chi connectivity index (χ4n) is 0.898. The van der Waals surface area contributed by atoms with Crippen LogP contribution >= 0.6 is 12.2 Å². The number of nitrogens with one attached hydrogen (secondary N) is 2. The van der Waals surface area contributed by atoms with E-state index in [0.29, 0.717) is 0 Å². The monoisotopic (exact) mass is 228 g/mol. The van der Waals surface area contributed by atoms with Crippen molar-refractivity contribution in [1.82, 2.24) is 10.6 Å². The molecule has 1 heterocycles. The van der Waals surface area contributed by atoms with E-state index in [0.717, 1.165) is 6.21 Å². The molecule has 0 spiro atoms. The van der Waals surface area contributed by atoms with Crippen LogP contribution in [-0.2, 0) is 14.4 Å². The lowest BCUT2D eigenvalue weighted by atomic mass is 10.1. The fraction of sp³-hybridized carbons (Fsp3) is 0.286. The standard InChI is InChI=1S/C7H7N3O4S/c11-4(12)2-8-1-3-5(13)9-7(15)10-6(3)14/h1,3H,2H2,(H,11,12)(H2,9,10,13,14,15)/p-1. The quantitative estimate of drug-likeness (QED) is 0.303. The fourth-order valence-corrected chi connectivity index (χ4v) is 1.10. The van der Waals surface area contributed by atoms with Gasteiger partial charge in [-0.2, -0.15) is 0 Å². The second-order valence-corrected chi connectivity index (χ2v) is 3.06. The Hall–Kier alpha value is -1.83. The molecule has 0 bridgehead atoms. The Morgan fingerprint density at radius 2 is 2.00 bits per heavy atom. The molecular weight excluding hydrogens is 222 g/mol. The lowest BCUT2D eigenvalue weighted by Gasteiger charge is -2.19. The van der Waals surface area contributed by atoms with Gasteiger partial charge in [-0.15, -0.1) is 0 Å². The molecule has 0 aliphatic carbocycles. The highest BCUT2D eigenvalue weighted by molar-refractivity contribution is 7.80. The number of aliphatic carboxylic acids is 1. The number of carbonyl (C=O) groups excluding carboxylic acids is 3. The number of rotatable bonds is 3. The van der Waals surface area contributed by atoms with Crippen LogP contribution in [0.25, 0.3) is 0 Å². The van der Waals surface area contributed by atoms with E-state index >= 15 is 0 Å². The normalized spacial score (nSPS) is 17.7. The van der Waals surface area contributed by atoms with Crippen LogP contribution in [0.2, 0.25) is 0 Å². The van der Waals surface area contributed by atoms with E-state index in [1.165, 1.54) is 0 Å². The minimum atomic E-state index is -1.39. The van der Waals surface area contributed by atoms with Crippen molar-refractivity contribution in [1.29, 1.82) is 0 Å². The zero-order valence-corrected chi connectivity index (χ0v) is 8.17. The van der Waals surface area contributed by atoms with Gasteiger partial charge in [-0.3, -0.25) is 14.6 Å². The van der Waals surface area contributed by atoms with Crippen LogP contribution in [0.1, 0.15) is 0 Å². The number of amides is 2. The molecule has 1 saturated heterocycles. The van der Waals surface area contributed by atoms with Gasteiger partial charge in [0.15, 0.2) is 11.0 Å². The lowest BCUT2D eigenvalue weighted by Crippen LogP contribution is -2.56. The first-order valence-corrected chi connectivity index (χ1v) is 4.27. The summed E-state index contributed by atoms with van der Waals surface area (Å²) in [4.78, 5) is 35.7. The molecule has 2 N–H and O–H groups in total. The van der Waals surface area contributed by atoms with Crippen molar-refractivity contribution in [2.45, 2.75) is 0 Å². The molecule has 2 amide bonds. The molecule has 80 valence electrons. The molecule has 0 radical (unpaired) electrons. The molecule has 0 aromatic carbocycles. The van der Waals surface area contributed by atoms with Crippen molar-refractivity contribution >= 4 is 41.3 Å². The maximum absolute atomic E-state index is 11.2. The molecule has 0 saturated carbocycles. The SMILES string of the molecule is O=C([O-])CN=CC1C(=O)NC(=S)NC1=O. The first-order chi connectivity index (χ1) is 7.00. The number of carbonyl (C=O) groups is 3. The van der Waals surface area contributed by atoms with Gasteiger partial charge in [0.25, 0.3) is 0 Å². The van der Waals surface area contributed by atoms with Gasteiger partial charge >= 0.3 is 0 Å². The average molecular weight is 228 g/mol. The Balaban J connectivity index is 2.64. The summed E-state index contributed by atoms with van der Waals surface area (Å²) in [5.41, 5.74) is 0. The van der Waals surface area contributed by atoms with Gasteiger partial charge in [0.2, 0.25) is 11.8 Å². The first kappa shape index (κ1) is 11.2. The van der Waals surface area contributed by atoms with Gasteiger partial charge < -0.3 is 20.5 Å². The second kappa shape index (κ2) is 4.60. The molecule has 15 heavy (non-hydrogen) atoms. The zero-order valence-electron chi connectivity index (χ0n) is 7.35. The van der Waals surface area contributed by atoms with Crippen molar-refractivity contribution in [3.8, 4) is 0 Å². The Morgan fingerprint density at radius 1 is 1.47 bits per heavy atom. The highest BCUT2D eigenvalue weighted by Crippen LogP contribution is 1.98. The van der Waals surface area contributed by atoms with Gasteiger partial charge in [-0.05, 0) is 12.2 Å². The molecular formula is C7H6N3O4S-. The van der Waals surface area contributed by atoms with Crippen LogP contribution in [0.4, 0.5) is 0 Å². The Labute approximate surface area is 89.6 Å². The molecule has 0 atom stereocenters. The van der Waals surface area contributed by atoms with Crippen molar-refractivity contribution in [2.24, 2.45) is 10.9 Å². The summed E-state index contributed by atoms with van der Waals surface area (Å²) in [6.07, 6.45) is 0.947. The maximum atomic E-state index is 11.2. The third-order valence-electron chi connectivity index (χ3n) is 1.51. The predicted molar refractivity (Wildman–Crippen MR) is 50.7 cm³/mol. The third-order valence-corrected chi connectivity index (χ3v) is 1.72. The molecule has 7 nitrogen and oxygen atoms in total. The summed E-state index contributed by atoms with van der Waals surface area (Å²) in [7, 11) is 0. The molecule has 1 aliphatic heterocycles. The Morgan fingerprint density at radius 3 is 2.47 bits per heavy atom. The molecule has 0 aromatic heterocycles. The molecule has 1 aliphatic rings. The third kappa shape index (κ3) is 3.09. The molecule has 8 heteroatoms. The number of nitrogens with zero attached hydrogens (tertiary/aromatic N) is 1. The number of hydrogen-bond donors (Lipinski definition) is 2. The van der Waals surface area contributed by atoms with Crippen LogP contribution in [0.5, 0.6) is 0 Å². The van der Waals surface area contributed by atoms with E-state index in [2.05, 4.69) is 27.8 Å². The van der Waals surface area contributed by atoms with Crippen molar-refractivity contribution in [3.05, 3.63) is 0 Å². The van der Waals surface area contributed by atoms with Crippen LogP contribution < -0.4 is 15.7 Å². The smallest absolute Gasteiger partial charge is 0.244 e. The van der Waals surface area contributed by atoms with Crippen LogP contribution in [0, 0.1) is 5.92 Å². The number of thiocarbonyl (C=S) groups is 1. The largest absolute Gasteiger partial charge is 0.548 e. The average Bonchev–Trinajstić information content (AvgIpc) is 2.08. The summed E-state index contributed by atoms with van der Waals surface area (Å²) in [6, 6.07) is 0. The highest BCUT2D eigenvalue weighted by Gasteiger charge is 2.30. The van der Waals surface area contributed by atoms with Crippen LogP contribution in [0.15, 0.2) is 4.99 Å². The van der Waals surface area contributed by atoms with E-state index in [9.17, 15) is 19.5 Å². The van der Waals surface area contributed by atoms with Gasteiger partial charge in [0.05, 0.1) is 12.5 Å². The summed E-state index contributed by atoms with van der Waals surface area (Å²) in [5.74, 6) is -3.81. The van der Waals surface area contributed by atoms with Crippen LogP contribution in [0.3, 0.4) is 0 Å². The first-order valence-electron chi connectivity index (χ1n) is 3.86. The summed E-state index contributed by atoms with van der Waals surface area (Å²) >= 11 is 4.55. The van der Waals surface area contributed by atoms with Crippen molar-refractivity contribution < 1.29 is 19.5 Å². The highest BCUT2D eigenvalue weighted by atomic mass is 32.1. The van der Waals surface area contributed by atoms with E-state index in [1.54, 1.807) is 0 Å². The molecule has 0 unspecified atom stereocenters. The maximum Gasteiger partial charge on any atom is 0.244 e. The van der Waals surface area contributed by atoms with Crippen molar-refractivity contribution in [2.75, 3.05) is 6.54 Å². The molecule has 1 fully saturated rings. The second-order valence-electron chi connectivity index (χ2n) is 2.65. The lowest BCUT2D eigenvalue weighted by molar-refractivity contribution is -0.303. The molecule has 1 rings (SSSR count). The number of aliphatic imine (C=N–C) groups is 1. The summed E-state index contributed by atoms with van der Waals surface area (Å²) < 4.78 is 0. The van der Waals surface area contributed by atoms with Gasteiger partial charge in [-0.25, -0.2) is 0 Å². The number of carboxylic acids is 1. The van der Waals surface area contributed by atoms with Crippen LogP contribution in [-0.4, -0.2) is 35.7 Å². The topological polar surface area (TPSA) is 111 Å². The minimum absolute atomic E-state index is 0.0745. The zero-order chi connectivity index (χ0) is 11.4. The van der Waals surface area contributed by atoms with E-state index in [-0.39, 0.29) is 5.11 Å². The Kier molecular flexibility index (Phi) is 3.45. The van der Waals surface area contributed by atoms with Gasteiger partial charge in [0, 0.05) is 6.21 Å². The van der Waals surface area contributed by atoms with E-state index in [4.69, 9.17) is 0 Å². The van der Waals surface area contributed by atoms with Crippen molar-refractivity contribution in [3.63, 3.8) is 0 Å². The van der Waals surface area contributed by atoms with E-state index < -0.39 is 30.2 Å². The minimum Gasteiger partial charge on any atom is -0.548 e. The number of hydrogen-bond acceptors (Lipinski definition) is 6. The van der Waals surface area contributed by atoms with E-state index in [1.807, 2.05) is 0 Å².